The van der Waals surface area contributed by atoms with Crippen molar-refractivity contribution in [2.45, 2.75) is 9.79 Å². The summed E-state index contributed by atoms with van der Waals surface area (Å²) >= 11 is 1.68. The van der Waals surface area contributed by atoms with Gasteiger partial charge in [-0.15, -0.1) is 0 Å². The number of hydrogen-bond donors (Lipinski definition) is 0. The van der Waals surface area contributed by atoms with E-state index in [1.54, 1.807) is 11.8 Å². The topological polar surface area (TPSA) is 60.7 Å². The SMILES string of the molecule is O=P1(c2ccccc2)c2cc(-c3nc(-c4ccccc4)nc(-c4ccccc4)n3)ccc2Sc2cc3c4ccccc4n(-c4ccccc4)c3cc21. The fraction of sp³-hybridized carbons (Fsp3) is 0. The summed E-state index contributed by atoms with van der Waals surface area (Å²) in [6.07, 6.45) is 0. The van der Waals surface area contributed by atoms with Gasteiger partial charge < -0.3 is 9.13 Å². The molecule has 0 radical (unpaired) electrons. The highest BCUT2D eigenvalue weighted by Gasteiger charge is 2.39. The lowest BCUT2D eigenvalue weighted by Crippen LogP contribution is -2.30. The first-order valence-corrected chi connectivity index (χ1v) is 19.7. The molecular weight excluding hydrogens is 676 g/mol. The van der Waals surface area contributed by atoms with Crippen LogP contribution in [0.25, 0.3) is 61.7 Å². The second-order valence-corrected chi connectivity index (χ2v) is 16.6. The molecule has 1 unspecified atom stereocenters. The Labute approximate surface area is 305 Å². The fourth-order valence-corrected chi connectivity index (χ4v) is 12.0. The van der Waals surface area contributed by atoms with Crippen LogP contribution in [0.3, 0.4) is 0 Å². The van der Waals surface area contributed by atoms with Gasteiger partial charge >= 0.3 is 0 Å². The van der Waals surface area contributed by atoms with Gasteiger partial charge in [-0.1, -0.05) is 145 Å². The Bertz CT molecular complexity index is 2780. The lowest BCUT2D eigenvalue weighted by atomic mass is 10.1. The van der Waals surface area contributed by atoms with Gasteiger partial charge in [-0.2, -0.15) is 0 Å². The maximum atomic E-state index is 16.3. The van der Waals surface area contributed by atoms with E-state index in [0.717, 1.165) is 64.5 Å². The highest BCUT2D eigenvalue weighted by molar-refractivity contribution is 8.02. The highest BCUT2D eigenvalue weighted by atomic mass is 32.2. The van der Waals surface area contributed by atoms with Gasteiger partial charge in [0.2, 0.25) is 0 Å². The quantitative estimate of drug-likeness (QED) is 0.167. The van der Waals surface area contributed by atoms with E-state index < -0.39 is 7.14 Å². The van der Waals surface area contributed by atoms with Crippen molar-refractivity contribution >= 4 is 56.6 Å². The lowest BCUT2D eigenvalue weighted by molar-refractivity contribution is 0.592. The second kappa shape index (κ2) is 12.3. The molecule has 1 aliphatic rings. The molecule has 1 aliphatic heterocycles. The van der Waals surface area contributed by atoms with E-state index >= 15 is 4.57 Å². The Morgan fingerprint density at radius 1 is 0.442 bits per heavy atom. The molecule has 9 aromatic rings. The average molecular weight is 705 g/mol. The van der Waals surface area contributed by atoms with Crippen LogP contribution in [0.1, 0.15) is 0 Å². The standard InChI is InChI=1S/C45H29N4OPS/c50-51(34-21-11-4-12-22-34)39-27-32(45-47-43(30-15-5-1-6-16-30)46-44(48-45)31-17-7-2-8-18-31)25-26-41(39)52-42-28-36-35-23-13-14-24-37(35)49(38(36)29-40(42)51)33-19-9-3-10-20-33/h1-29H. The molecule has 246 valence electrons. The summed E-state index contributed by atoms with van der Waals surface area (Å²) < 4.78 is 18.6. The van der Waals surface area contributed by atoms with Crippen LogP contribution in [-0.4, -0.2) is 19.5 Å². The molecule has 0 saturated heterocycles. The summed E-state index contributed by atoms with van der Waals surface area (Å²) in [5.41, 5.74) is 5.79. The monoisotopic (exact) mass is 704 g/mol. The molecule has 1 atom stereocenters. The normalized spacial score (nSPS) is 15.0. The van der Waals surface area contributed by atoms with E-state index in [0.29, 0.717) is 17.5 Å². The number of fused-ring (bicyclic) bond motifs is 5. The van der Waals surface area contributed by atoms with Gasteiger partial charge in [0.05, 0.1) is 11.0 Å². The molecule has 7 aromatic carbocycles. The van der Waals surface area contributed by atoms with Gasteiger partial charge in [0.1, 0.15) is 0 Å². The van der Waals surface area contributed by atoms with Gasteiger partial charge in [0.15, 0.2) is 24.6 Å². The molecule has 5 nitrogen and oxygen atoms in total. The number of hydrogen-bond acceptors (Lipinski definition) is 5. The summed E-state index contributed by atoms with van der Waals surface area (Å²) in [7, 11) is -3.40. The third-order valence-electron chi connectivity index (χ3n) is 9.70. The largest absolute Gasteiger partial charge is 0.309 e. The Kier molecular flexibility index (Phi) is 7.27. The van der Waals surface area contributed by atoms with E-state index in [2.05, 4.69) is 77.4 Å². The van der Waals surface area contributed by atoms with Crippen LogP contribution in [-0.2, 0) is 4.57 Å². The van der Waals surface area contributed by atoms with Crippen molar-refractivity contribution in [3.05, 3.63) is 176 Å². The van der Waals surface area contributed by atoms with Crippen molar-refractivity contribution in [2.24, 2.45) is 0 Å². The third kappa shape index (κ3) is 4.95. The molecule has 0 aliphatic carbocycles. The maximum Gasteiger partial charge on any atom is 0.173 e. The zero-order chi connectivity index (χ0) is 34.6. The molecule has 0 spiro atoms. The molecule has 0 saturated carbocycles. The number of para-hydroxylation sites is 2. The average Bonchev–Trinajstić information content (AvgIpc) is 3.54. The van der Waals surface area contributed by atoms with Gasteiger partial charge in [-0.3, -0.25) is 0 Å². The molecule has 0 fully saturated rings. The van der Waals surface area contributed by atoms with Crippen LogP contribution in [0.2, 0.25) is 0 Å². The lowest BCUT2D eigenvalue weighted by Gasteiger charge is -2.29. The van der Waals surface area contributed by atoms with Crippen LogP contribution >= 0.6 is 18.9 Å². The minimum absolute atomic E-state index is 0.533. The second-order valence-electron chi connectivity index (χ2n) is 12.8. The van der Waals surface area contributed by atoms with E-state index in [1.807, 2.05) is 103 Å². The number of benzene rings is 7. The predicted molar refractivity (Wildman–Crippen MR) is 214 cm³/mol. The van der Waals surface area contributed by atoms with Gasteiger partial charge in [0.25, 0.3) is 0 Å². The van der Waals surface area contributed by atoms with Gasteiger partial charge in [-0.25, -0.2) is 15.0 Å². The number of aromatic nitrogens is 4. The van der Waals surface area contributed by atoms with Gasteiger partial charge in [0, 0.05) is 58.9 Å². The molecule has 7 heteroatoms. The smallest absolute Gasteiger partial charge is 0.173 e. The van der Waals surface area contributed by atoms with E-state index in [-0.39, 0.29) is 0 Å². The van der Waals surface area contributed by atoms with Crippen LogP contribution in [0, 0.1) is 0 Å². The van der Waals surface area contributed by atoms with E-state index in [9.17, 15) is 0 Å². The van der Waals surface area contributed by atoms with Crippen molar-refractivity contribution in [3.8, 4) is 39.9 Å². The molecule has 10 rings (SSSR count). The Hall–Kier alpha value is -6.07. The zero-order valence-corrected chi connectivity index (χ0v) is 29.5. The minimum Gasteiger partial charge on any atom is -0.309 e. The molecule has 0 bridgehead atoms. The first kappa shape index (κ1) is 30.7. The zero-order valence-electron chi connectivity index (χ0n) is 27.8. The van der Waals surface area contributed by atoms with Gasteiger partial charge in [-0.05, 0) is 42.5 Å². The van der Waals surface area contributed by atoms with Crippen molar-refractivity contribution in [1.82, 2.24) is 19.5 Å². The van der Waals surface area contributed by atoms with E-state index in [4.69, 9.17) is 15.0 Å². The Balaban J connectivity index is 1.22. The molecule has 52 heavy (non-hydrogen) atoms. The van der Waals surface area contributed by atoms with Crippen molar-refractivity contribution in [2.75, 3.05) is 0 Å². The van der Waals surface area contributed by atoms with Crippen molar-refractivity contribution in [1.29, 1.82) is 0 Å². The molecule has 3 heterocycles. The van der Waals surface area contributed by atoms with Crippen LogP contribution < -0.4 is 15.9 Å². The molecule has 0 N–H and O–H groups in total. The summed E-state index contributed by atoms with van der Waals surface area (Å²) in [5.74, 6) is 1.71. The summed E-state index contributed by atoms with van der Waals surface area (Å²) in [6.45, 7) is 0. The Morgan fingerprint density at radius 2 is 0.981 bits per heavy atom. The molecular formula is C45H29N4OPS. The third-order valence-corrected chi connectivity index (χ3v) is 14.3. The summed E-state index contributed by atoms with van der Waals surface area (Å²) in [6, 6.07) is 59.4. The van der Waals surface area contributed by atoms with Crippen LogP contribution in [0.5, 0.6) is 0 Å². The first-order chi connectivity index (χ1) is 25.6. The van der Waals surface area contributed by atoms with Crippen molar-refractivity contribution < 1.29 is 4.57 Å². The van der Waals surface area contributed by atoms with Crippen LogP contribution in [0.4, 0.5) is 0 Å². The highest BCUT2D eigenvalue weighted by Crippen LogP contribution is 2.54. The Morgan fingerprint density at radius 3 is 1.63 bits per heavy atom. The number of rotatable bonds is 5. The number of nitrogens with zero attached hydrogens (tertiary/aromatic N) is 4. The molecule has 2 aromatic heterocycles. The fourth-order valence-electron chi connectivity index (χ4n) is 7.26. The summed E-state index contributed by atoms with van der Waals surface area (Å²) in [4.78, 5) is 16.9. The van der Waals surface area contributed by atoms with E-state index in [1.165, 1.54) is 5.39 Å². The van der Waals surface area contributed by atoms with Crippen molar-refractivity contribution in [3.63, 3.8) is 0 Å². The minimum atomic E-state index is -3.40. The first-order valence-electron chi connectivity index (χ1n) is 17.1. The molecule has 0 amide bonds. The predicted octanol–water partition coefficient (Wildman–Crippen LogP) is 10.1. The maximum absolute atomic E-state index is 16.3. The summed E-state index contributed by atoms with van der Waals surface area (Å²) in [5, 5.41) is 4.73. The van der Waals surface area contributed by atoms with Crippen LogP contribution in [0.15, 0.2) is 186 Å².